The second kappa shape index (κ2) is 14.1. The van der Waals surface area contributed by atoms with Gasteiger partial charge in [0, 0.05) is 25.2 Å². The van der Waals surface area contributed by atoms with Crippen LogP contribution in [0.25, 0.3) is 0 Å². The molecule has 0 aromatic heterocycles. The number of hydrogen-bond donors (Lipinski definition) is 4. The Bertz CT molecular complexity index is 165. The van der Waals surface area contributed by atoms with Gasteiger partial charge in [0.15, 0.2) is 0 Å². The average molecular weight is 226 g/mol. The summed E-state index contributed by atoms with van der Waals surface area (Å²) in [6.45, 7) is 4.10. The summed E-state index contributed by atoms with van der Waals surface area (Å²) in [6, 6.07) is 5.81. The van der Waals surface area contributed by atoms with Gasteiger partial charge in [-0.25, -0.2) is 0 Å². The number of rotatable bonds is 10. The van der Waals surface area contributed by atoms with E-state index in [0.29, 0.717) is 0 Å². The zero-order valence-electron chi connectivity index (χ0n) is 10.7. The van der Waals surface area contributed by atoms with E-state index in [9.17, 15) is 0 Å². The van der Waals surface area contributed by atoms with E-state index < -0.39 is 0 Å². The molecular weight excluding hydrogens is 200 g/mol. The van der Waals surface area contributed by atoms with Crippen molar-refractivity contribution in [3.63, 3.8) is 0 Å². The maximum Gasteiger partial charge on any atom is 0.0276 e. The van der Waals surface area contributed by atoms with Crippen LogP contribution in [0.15, 0.2) is 0 Å². The van der Waals surface area contributed by atoms with Gasteiger partial charge in [-0.15, -0.1) is 0 Å². The summed E-state index contributed by atoms with van der Waals surface area (Å²) in [4.78, 5) is 0. The molecule has 0 saturated heterocycles. The van der Waals surface area contributed by atoms with Gasteiger partial charge in [-0.2, -0.15) is 0 Å². The first-order chi connectivity index (χ1) is 7.91. The van der Waals surface area contributed by atoms with Crippen LogP contribution < -0.4 is 21.3 Å². The van der Waals surface area contributed by atoms with Crippen molar-refractivity contribution in [1.29, 1.82) is 0 Å². The Morgan fingerprint density at radius 2 is 1.00 bits per heavy atom. The molecular formula is C12H26N4. The highest BCUT2D eigenvalue weighted by Gasteiger charge is 1.85. The molecule has 4 nitrogen and oxygen atoms in total. The number of nitrogens with one attached hydrogen (secondary N) is 4. The minimum Gasteiger partial charge on any atom is -0.344 e. The van der Waals surface area contributed by atoms with Crippen molar-refractivity contribution in [2.24, 2.45) is 0 Å². The summed E-state index contributed by atoms with van der Waals surface area (Å²) in [5.74, 6) is 0. The van der Waals surface area contributed by atoms with Crippen LogP contribution in [0, 0.1) is 12.1 Å². The van der Waals surface area contributed by atoms with E-state index in [1.54, 1.807) is 0 Å². The SMILES string of the molecule is CNCCCCNC#CNCCCCNC. The maximum absolute atomic E-state index is 3.12. The third kappa shape index (κ3) is 13.1. The van der Waals surface area contributed by atoms with Crippen molar-refractivity contribution < 1.29 is 0 Å². The first-order valence-corrected chi connectivity index (χ1v) is 6.16. The van der Waals surface area contributed by atoms with Gasteiger partial charge in [-0.05, 0) is 52.9 Å². The monoisotopic (exact) mass is 226 g/mol. The molecule has 0 aromatic rings. The smallest absolute Gasteiger partial charge is 0.0276 e. The molecule has 0 spiro atoms. The summed E-state index contributed by atoms with van der Waals surface area (Å²) < 4.78 is 0. The van der Waals surface area contributed by atoms with Crippen LogP contribution in [0.1, 0.15) is 25.7 Å². The van der Waals surface area contributed by atoms with E-state index in [1.165, 1.54) is 12.8 Å². The van der Waals surface area contributed by atoms with Gasteiger partial charge in [0.25, 0.3) is 0 Å². The fourth-order valence-electron chi connectivity index (χ4n) is 1.24. The van der Waals surface area contributed by atoms with Gasteiger partial charge in [0.05, 0.1) is 0 Å². The van der Waals surface area contributed by atoms with E-state index >= 15 is 0 Å². The quantitative estimate of drug-likeness (QED) is 0.242. The molecule has 0 radical (unpaired) electrons. The van der Waals surface area contributed by atoms with Crippen LogP contribution in [0.2, 0.25) is 0 Å². The van der Waals surface area contributed by atoms with Gasteiger partial charge in [-0.1, -0.05) is 0 Å². The van der Waals surface area contributed by atoms with E-state index in [1.807, 2.05) is 14.1 Å². The molecule has 0 heterocycles. The van der Waals surface area contributed by atoms with Crippen molar-refractivity contribution in [3.8, 4) is 12.1 Å². The molecule has 0 saturated carbocycles. The molecule has 0 amide bonds. The lowest BCUT2D eigenvalue weighted by atomic mass is 10.3. The summed E-state index contributed by atoms with van der Waals surface area (Å²) in [6.07, 6.45) is 4.72. The van der Waals surface area contributed by atoms with Gasteiger partial charge in [-0.3, -0.25) is 0 Å². The third-order valence-electron chi connectivity index (χ3n) is 2.20. The van der Waals surface area contributed by atoms with Crippen molar-refractivity contribution in [2.75, 3.05) is 40.3 Å². The molecule has 0 aromatic carbocycles. The van der Waals surface area contributed by atoms with Crippen LogP contribution >= 0.6 is 0 Å². The minimum absolute atomic E-state index is 0.968. The third-order valence-corrected chi connectivity index (χ3v) is 2.20. The molecule has 0 aliphatic heterocycles. The Morgan fingerprint density at radius 3 is 1.38 bits per heavy atom. The molecule has 0 fully saturated rings. The maximum atomic E-state index is 3.12. The molecule has 4 heteroatoms. The van der Waals surface area contributed by atoms with E-state index in [4.69, 9.17) is 0 Å². The summed E-state index contributed by atoms with van der Waals surface area (Å²) in [5.41, 5.74) is 0. The predicted octanol–water partition coefficient (Wildman–Crippen LogP) is 0.0832. The second-order valence-electron chi connectivity index (χ2n) is 3.72. The Morgan fingerprint density at radius 1 is 0.625 bits per heavy atom. The normalized spacial score (nSPS) is 9.38. The van der Waals surface area contributed by atoms with Crippen LogP contribution in [0.4, 0.5) is 0 Å². The second-order valence-corrected chi connectivity index (χ2v) is 3.72. The standard InChI is InChI=1S/C12H26N4/c1-13-7-3-5-9-15-11-12-16-10-6-4-8-14-2/h13-16H,3-10H2,1-2H3. The summed E-state index contributed by atoms with van der Waals surface area (Å²) in [7, 11) is 3.95. The highest BCUT2D eigenvalue weighted by Crippen LogP contribution is 1.83. The van der Waals surface area contributed by atoms with E-state index in [0.717, 1.165) is 39.0 Å². The zero-order chi connectivity index (χ0) is 11.9. The van der Waals surface area contributed by atoms with Gasteiger partial charge in [0.1, 0.15) is 0 Å². The van der Waals surface area contributed by atoms with Gasteiger partial charge < -0.3 is 21.3 Å². The summed E-state index contributed by atoms with van der Waals surface area (Å²) >= 11 is 0. The molecule has 0 aliphatic carbocycles. The van der Waals surface area contributed by atoms with Crippen molar-refractivity contribution >= 4 is 0 Å². The molecule has 0 bridgehead atoms. The highest BCUT2D eigenvalue weighted by atomic mass is 14.9. The topological polar surface area (TPSA) is 48.1 Å². The zero-order valence-corrected chi connectivity index (χ0v) is 10.7. The Hall–Kier alpha value is -0.920. The molecule has 0 unspecified atom stereocenters. The van der Waals surface area contributed by atoms with Crippen molar-refractivity contribution in [2.45, 2.75) is 25.7 Å². The largest absolute Gasteiger partial charge is 0.344 e. The lowest BCUT2D eigenvalue weighted by Gasteiger charge is -1.99. The predicted molar refractivity (Wildman–Crippen MR) is 70.1 cm³/mol. The molecule has 16 heavy (non-hydrogen) atoms. The minimum atomic E-state index is 0.968. The Labute approximate surface area is 100.0 Å². The first kappa shape index (κ1) is 15.1. The highest BCUT2D eigenvalue weighted by molar-refractivity contribution is 4.93. The van der Waals surface area contributed by atoms with Gasteiger partial charge >= 0.3 is 0 Å². The lowest BCUT2D eigenvalue weighted by molar-refractivity contribution is 0.655. The molecule has 0 aliphatic rings. The van der Waals surface area contributed by atoms with Crippen LogP contribution in [0.5, 0.6) is 0 Å². The van der Waals surface area contributed by atoms with Crippen molar-refractivity contribution in [3.05, 3.63) is 0 Å². The van der Waals surface area contributed by atoms with E-state index in [2.05, 4.69) is 33.4 Å². The van der Waals surface area contributed by atoms with E-state index in [-0.39, 0.29) is 0 Å². The fourth-order valence-corrected chi connectivity index (χ4v) is 1.24. The molecule has 94 valence electrons. The van der Waals surface area contributed by atoms with Gasteiger partial charge in [0.2, 0.25) is 0 Å². The average Bonchev–Trinajstić information content (AvgIpc) is 2.31. The first-order valence-electron chi connectivity index (χ1n) is 6.16. The number of hydrogen-bond acceptors (Lipinski definition) is 4. The van der Waals surface area contributed by atoms with Crippen LogP contribution in [-0.2, 0) is 0 Å². The molecule has 0 rings (SSSR count). The Kier molecular flexibility index (Phi) is 13.3. The summed E-state index contributed by atoms with van der Waals surface area (Å²) in [5, 5.41) is 12.4. The fraction of sp³-hybridized carbons (Fsp3) is 0.833. The van der Waals surface area contributed by atoms with Crippen LogP contribution in [-0.4, -0.2) is 40.3 Å². The van der Waals surface area contributed by atoms with Crippen molar-refractivity contribution in [1.82, 2.24) is 21.3 Å². The number of unbranched alkanes of at least 4 members (excludes halogenated alkanes) is 2. The Balaban J connectivity index is 3.04. The lowest BCUT2D eigenvalue weighted by Crippen LogP contribution is -2.15. The molecule has 0 atom stereocenters. The van der Waals surface area contributed by atoms with Crippen LogP contribution in [0.3, 0.4) is 0 Å². The molecule has 4 N–H and O–H groups in total.